The van der Waals surface area contributed by atoms with Crippen molar-refractivity contribution in [1.29, 1.82) is 0 Å². The first-order chi connectivity index (χ1) is 6.57. The number of hydrogen-bond donors (Lipinski definition) is 0. The van der Waals surface area contributed by atoms with Crippen molar-refractivity contribution >= 4 is 17.8 Å². The van der Waals surface area contributed by atoms with Crippen molar-refractivity contribution in [3.8, 4) is 0 Å². The van der Waals surface area contributed by atoms with Crippen LogP contribution >= 0.6 is 0 Å². The summed E-state index contributed by atoms with van der Waals surface area (Å²) in [4.78, 5) is 34.3. The van der Waals surface area contributed by atoms with E-state index in [1.165, 1.54) is 0 Å². The SMILES string of the molecule is C=C(C(=O)OCC)N1C(=O)CCC1=O. The second-order valence-electron chi connectivity index (χ2n) is 2.79. The lowest BCUT2D eigenvalue weighted by atomic mass is 10.4. The molecule has 0 aromatic heterocycles. The molecular formula is C9H11NO4. The molecule has 1 fully saturated rings. The fourth-order valence-corrected chi connectivity index (χ4v) is 1.18. The molecule has 0 atom stereocenters. The van der Waals surface area contributed by atoms with Crippen LogP contribution in [0.4, 0.5) is 0 Å². The molecule has 2 amide bonds. The standard InChI is InChI=1S/C9H11NO4/c1-3-14-9(13)6(2)10-7(11)4-5-8(10)12/h2-5H2,1H3. The molecule has 76 valence electrons. The van der Waals surface area contributed by atoms with Crippen LogP contribution in [0.5, 0.6) is 0 Å². The van der Waals surface area contributed by atoms with Gasteiger partial charge in [0.15, 0.2) is 0 Å². The van der Waals surface area contributed by atoms with E-state index in [4.69, 9.17) is 0 Å². The van der Waals surface area contributed by atoms with E-state index in [0.717, 1.165) is 4.90 Å². The summed E-state index contributed by atoms with van der Waals surface area (Å²) in [7, 11) is 0. The van der Waals surface area contributed by atoms with Crippen molar-refractivity contribution in [3.63, 3.8) is 0 Å². The average Bonchev–Trinajstić information content (AvgIpc) is 2.46. The van der Waals surface area contributed by atoms with Crippen molar-refractivity contribution in [2.24, 2.45) is 0 Å². The molecule has 1 aliphatic heterocycles. The Morgan fingerprint density at radius 3 is 2.36 bits per heavy atom. The number of likely N-dealkylation sites (tertiary alicyclic amines) is 1. The summed E-state index contributed by atoms with van der Waals surface area (Å²) in [5.74, 6) is -1.52. The zero-order chi connectivity index (χ0) is 10.7. The van der Waals surface area contributed by atoms with Gasteiger partial charge in [-0.15, -0.1) is 0 Å². The van der Waals surface area contributed by atoms with Crippen LogP contribution in [0, 0.1) is 0 Å². The number of carbonyl (C=O) groups excluding carboxylic acids is 3. The third kappa shape index (κ3) is 1.81. The Morgan fingerprint density at radius 2 is 1.93 bits per heavy atom. The molecule has 1 heterocycles. The highest BCUT2D eigenvalue weighted by Gasteiger charge is 2.34. The summed E-state index contributed by atoms with van der Waals surface area (Å²) >= 11 is 0. The quantitative estimate of drug-likeness (QED) is 0.368. The second kappa shape index (κ2) is 4.04. The molecule has 1 rings (SSSR count). The number of hydrogen-bond acceptors (Lipinski definition) is 4. The summed E-state index contributed by atoms with van der Waals surface area (Å²) in [6, 6.07) is 0. The van der Waals surface area contributed by atoms with Gasteiger partial charge in [-0.2, -0.15) is 0 Å². The molecule has 14 heavy (non-hydrogen) atoms. The molecule has 1 aliphatic rings. The fraction of sp³-hybridized carbons (Fsp3) is 0.444. The predicted octanol–water partition coefficient (Wildman–Crippen LogP) is 0.212. The Kier molecular flexibility index (Phi) is 3.01. The van der Waals surface area contributed by atoms with Gasteiger partial charge in [0.25, 0.3) is 0 Å². The van der Waals surface area contributed by atoms with E-state index in [2.05, 4.69) is 11.3 Å². The third-order valence-corrected chi connectivity index (χ3v) is 1.83. The lowest BCUT2D eigenvalue weighted by Gasteiger charge is -2.14. The van der Waals surface area contributed by atoms with Crippen LogP contribution in [0.2, 0.25) is 0 Å². The van der Waals surface area contributed by atoms with Crippen molar-refractivity contribution in [3.05, 3.63) is 12.3 Å². The predicted molar refractivity (Wildman–Crippen MR) is 46.9 cm³/mol. The maximum atomic E-state index is 11.2. The van der Waals surface area contributed by atoms with E-state index >= 15 is 0 Å². The number of nitrogens with zero attached hydrogens (tertiary/aromatic N) is 1. The highest BCUT2D eigenvalue weighted by atomic mass is 16.5. The highest BCUT2D eigenvalue weighted by Crippen LogP contribution is 2.17. The van der Waals surface area contributed by atoms with Gasteiger partial charge in [-0.05, 0) is 6.92 Å². The molecule has 0 saturated carbocycles. The number of rotatable bonds is 3. The molecule has 0 aromatic carbocycles. The fourth-order valence-electron chi connectivity index (χ4n) is 1.18. The minimum Gasteiger partial charge on any atom is -0.461 e. The molecule has 0 radical (unpaired) electrons. The van der Waals surface area contributed by atoms with Crippen molar-refractivity contribution in [2.45, 2.75) is 19.8 Å². The lowest BCUT2D eigenvalue weighted by Crippen LogP contribution is -2.32. The molecule has 5 heteroatoms. The van der Waals surface area contributed by atoms with Crippen molar-refractivity contribution in [1.82, 2.24) is 4.90 Å². The van der Waals surface area contributed by atoms with Gasteiger partial charge in [0.1, 0.15) is 5.70 Å². The normalized spacial score (nSPS) is 15.9. The van der Waals surface area contributed by atoms with Gasteiger partial charge in [0.05, 0.1) is 6.61 Å². The maximum absolute atomic E-state index is 11.2. The molecule has 0 aromatic rings. The van der Waals surface area contributed by atoms with Crippen LogP contribution in [0.3, 0.4) is 0 Å². The summed E-state index contributed by atoms with van der Waals surface area (Å²) in [6.07, 6.45) is 0.272. The molecular weight excluding hydrogens is 186 g/mol. The minimum absolute atomic E-state index is 0.136. The summed E-state index contributed by atoms with van der Waals surface area (Å²) in [6.45, 7) is 5.19. The Hall–Kier alpha value is -1.65. The number of ether oxygens (including phenoxy) is 1. The van der Waals surface area contributed by atoms with Gasteiger partial charge < -0.3 is 4.74 Å². The van der Waals surface area contributed by atoms with E-state index in [9.17, 15) is 14.4 Å². The molecule has 0 aliphatic carbocycles. The van der Waals surface area contributed by atoms with Gasteiger partial charge in [0.2, 0.25) is 11.8 Å². The third-order valence-electron chi connectivity index (χ3n) is 1.83. The lowest BCUT2D eigenvalue weighted by molar-refractivity contribution is -0.146. The Bertz CT molecular complexity index is 292. The number of esters is 1. The van der Waals surface area contributed by atoms with Crippen LogP contribution in [0.25, 0.3) is 0 Å². The summed E-state index contributed by atoms with van der Waals surface area (Å²) < 4.78 is 4.63. The summed E-state index contributed by atoms with van der Waals surface area (Å²) in [5, 5.41) is 0. The molecule has 0 bridgehead atoms. The summed E-state index contributed by atoms with van der Waals surface area (Å²) in [5.41, 5.74) is -0.195. The van der Waals surface area contributed by atoms with Gasteiger partial charge in [-0.25, -0.2) is 9.69 Å². The molecule has 1 saturated heterocycles. The number of imide groups is 1. The van der Waals surface area contributed by atoms with Crippen molar-refractivity contribution in [2.75, 3.05) is 6.61 Å². The van der Waals surface area contributed by atoms with E-state index in [1.54, 1.807) is 6.92 Å². The first-order valence-electron chi connectivity index (χ1n) is 4.29. The zero-order valence-electron chi connectivity index (χ0n) is 7.91. The molecule has 5 nitrogen and oxygen atoms in total. The van der Waals surface area contributed by atoms with Gasteiger partial charge in [-0.1, -0.05) is 6.58 Å². The van der Waals surface area contributed by atoms with Crippen LogP contribution in [0.15, 0.2) is 12.3 Å². The largest absolute Gasteiger partial charge is 0.461 e. The van der Waals surface area contributed by atoms with E-state index < -0.39 is 17.8 Å². The molecule has 0 N–H and O–H groups in total. The highest BCUT2D eigenvalue weighted by molar-refractivity contribution is 6.09. The van der Waals surface area contributed by atoms with E-state index in [-0.39, 0.29) is 25.1 Å². The maximum Gasteiger partial charge on any atom is 0.354 e. The number of carbonyl (C=O) groups is 3. The van der Waals surface area contributed by atoms with Crippen LogP contribution in [-0.4, -0.2) is 29.3 Å². The van der Waals surface area contributed by atoms with E-state index in [1.807, 2.05) is 0 Å². The number of amides is 2. The van der Waals surface area contributed by atoms with Crippen molar-refractivity contribution < 1.29 is 19.1 Å². The zero-order valence-corrected chi connectivity index (χ0v) is 7.91. The molecule has 0 unspecified atom stereocenters. The first-order valence-corrected chi connectivity index (χ1v) is 4.29. The average molecular weight is 197 g/mol. The smallest absolute Gasteiger partial charge is 0.354 e. The van der Waals surface area contributed by atoms with Crippen LogP contribution < -0.4 is 0 Å². The Balaban J connectivity index is 2.73. The Labute approximate surface area is 81.3 Å². The minimum atomic E-state index is -0.726. The van der Waals surface area contributed by atoms with Gasteiger partial charge in [0, 0.05) is 12.8 Å². The van der Waals surface area contributed by atoms with Gasteiger partial charge in [-0.3, -0.25) is 9.59 Å². The van der Waals surface area contributed by atoms with Gasteiger partial charge >= 0.3 is 5.97 Å². The Morgan fingerprint density at radius 1 is 1.43 bits per heavy atom. The topological polar surface area (TPSA) is 63.7 Å². The first kappa shape index (κ1) is 10.4. The van der Waals surface area contributed by atoms with E-state index in [0.29, 0.717) is 0 Å². The van der Waals surface area contributed by atoms with Crippen LogP contribution in [-0.2, 0) is 19.1 Å². The molecule has 0 spiro atoms. The van der Waals surface area contributed by atoms with Crippen LogP contribution in [0.1, 0.15) is 19.8 Å². The monoisotopic (exact) mass is 197 g/mol. The second-order valence-corrected chi connectivity index (χ2v) is 2.79.